The fourth-order valence-electron chi connectivity index (χ4n) is 3.58. The molecule has 27 heavy (non-hydrogen) atoms. The van der Waals surface area contributed by atoms with E-state index in [9.17, 15) is 4.79 Å². The van der Waals surface area contributed by atoms with Crippen molar-refractivity contribution in [2.75, 3.05) is 13.1 Å². The van der Waals surface area contributed by atoms with Gasteiger partial charge in [-0.05, 0) is 36.8 Å². The van der Waals surface area contributed by atoms with Gasteiger partial charge in [-0.1, -0.05) is 18.2 Å². The molecule has 2 amide bonds. The summed E-state index contributed by atoms with van der Waals surface area (Å²) in [5, 5.41) is 13.1. The number of aromatic nitrogens is 2. The molecule has 0 aliphatic carbocycles. The van der Waals surface area contributed by atoms with E-state index in [1.165, 1.54) is 0 Å². The van der Waals surface area contributed by atoms with Crippen molar-refractivity contribution in [1.29, 1.82) is 0 Å². The van der Waals surface area contributed by atoms with Crippen LogP contribution in [0.15, 0.2) is 48.7 Å². The van der Waals surface area contributed by atoms with E-state index in [-0.39, 0.29) is 6.10 Å². The van der Waals surface area contributed by atoms with Crippen molar-refractivity contribution >= 4 is 11.5 Å². The number of nitrogens with zero attached hydrogens (tertiary/aromatic N) is 3. The smallest absolute Gasteiger partial charge is 0.341 e. The number of carbonyl (C=O) groups is 1. The maximum atomic E-state index is 11.4. The molecule has 0 radical (unpaired) electrons. The first kappa shape index (κ1) is 17.4. The lowest BCUT2D eigenvalue weighted by atomic mass is 10.0. The summed E-state index contributed by atoms with van der Waals surface area (Å²) in [5.74, 6) is 0.821. The molecular formula is C20H22N4O3. The van der Waals surface area contributed by atoms with Crippen LogP contribution in [-0.4, -0.2) is 44.9 Å². The molecule has 1 aliphatic heterocycles. The minimum Gasteiger partial charge on any atom is -0.490 e. The summed E-state index contributed by atoms with van der Waals surface area (Å²) in [6.07, 6.45) is 3.35. The third-order valence-electron chi connectivity index (χ3n) is 5.09. The standard InChI is InChI=1S/C20H22N4O3/c1-14-19(7-4-16-8-11-21-24(14)16)15-2-5-17(6-3-15)27-18-9-12-23(13-10-18)20(25)22-26/h2-8,11,18,26H,9-10,12-13H2,1H3,(H,22,25). The molecule has 1 saturated heterocycles. The highest BCUT2D eigenvalue weighted by Gasteiger charge is 2.23. The van der Waals surface area contributed by atoms with Gasteiger partial charge in [0, 0.05) is 43.4 Å². The number of rotatable bonds is 3. The van der Waals surface area contributed by atoms with Gasteiger partial charge in [-0.25, -0.2) is 14.8 Å². The normalized spacial score (nSPS) is 15.1. The van der Waals surface area contributed by atoms with Crippen molar-refractivity contribution in [2.24, 2.45) is 0 Å². The monoisotopic (exact) mass is 366 g/mol. The van der Waals surface area contributed by atoms with E-state index in [0.29, 0.717) is 13.1 Å². The number of urea groups is 1. The molecule has 3 heterocycles. The van der Waals surface area contributed by atoms with E-state index >= 15 is 0 Å². The van der Waals surface area contributed by atoms with Crippen LogP contribution in [0.1, 0.15) is 18.5 Å². The number of ether oxygens (including phenoxy) is 1. The Hall–Kier alpha value is -3.06. The van der Waals surface area contributed by atoms with E-state index in [0.717, 1.165) is 40.9 Å². The van der Waals surface area contributed by atoms with Gasteiger partial charge in [0.25, 0.3) is 0 Å². The minimum atomic E-state index is -0.456. The zero-order valence-electron chi connectivity index (χ0n) is 15.1. The molecule has 4 rings (SSSR count). The van der Waals surface area contributed by atoms with Gasteiger partial charge in [-0.2, -0.15) is 5.10 Å². The van der Waals surface area contributed by atoms with Crippen LogP contribution in [0.3, 0.4) is 0 Å². The lowest BCUT2D eigenvalue weighted by Gasteiger charge is -2.31. The van der Waals surface area contributed by atoms with Crippen LogP contribution in [-0.2, 0) is 0 Å². The summed E-state index contributed by atoms with van der Waals surface area (Å²) in [5.41, 5.74) is 6.11. The maximum Gasteiger partial charge on any atom is 0.341 e. The molecule has 1 aromatic carbocycles. The quantitative estimate of drug-likeness (QED) is 0.551. The molecule has 0 spiro atoms. The topological polar surface area (TPSA) is 79.1 Å². The van der Waals surface area contributed by atoms with E-state index in [1.54, 1.807) is 16.6 Å². The first-order chi connectivity index (χ1) is 13.2. The van der Waals surface area contributed by atoms with Gasteiger partial charge >= 0.3 is 6.03 Å². The highest BCUT2D eigenvalue weighted by Crippen LogP contribution is 2.27. The third-order valence-corrected chi connectivity index (χ3v) is 5.09. The highest BCUT2D eigenvalue weighted by molar-refractivity contribution is 5.73. The molecule has 0 atom stereocenters. The van der Waals surface area contributed by atoms with E-state index in [2.05, 4.69) is 36.3 Å². The molecule has 1 aliphatic rings. The Balaban J connectivity index is 1.43. The number of fused-ring (bicyclic) bond motifs is 1. The Morgan fingerprint density at radius 3 is 2.59 bits per heavy atom. The molecule has 0 bridgehead atoms. The van der Waals surface area contributed by atoms with Crippen molar-refractivity contribution in [3.63, 3.8) is 0 Å². The summed E-state index contributed by atoms with van der Waals surface area (Å²) in [6, 6.07) is 13.8. The van der Waals surface area contributed by atoms with E-state index < -0.39 is 6.03 Å². The lowest BCUT2D eigenvalue weighted by Crippen LogP contribution is -2.45. The number of nitrogens with one attached hydrogen (secondary N) is 1. The summed E-state index contributed by atoms with van der Waals surface area (Å²) in [7, 11) is 0. The fourth-order valence-corrected chi connectivity index (χ4v) is 3.58. The van der Waals surface area contributed by atoms with Crippen LogP contribution in [0.25, 0.3) is 16.6 Å². The van der Waals surface area contributed by atoms with Crippen molar-refractivity contribution in [1.82, 2.24) is 20.0 Å². The van der Waals surface area contributed by atoms with Crippen LogP contribution in [0.5, 0.6) is 5.75 Å². The van der Waals surface area contributed by atoms with Gasteiger partial charge in [-0.3, -0.25) is 5.21 Å². The van der Waals surface area contributed by atoms with Gasteiger partial charge in [0.1, 0.15) is 11.9 Å². The number of likely N-dealkylation sites (tertiary alicyclic amines) is 1. The number of piperidine rings is 1. The largest absolute Gasteiger partial charge is 0.490 e. The summed E-state index contributed by atoms with van der Waals surface area (Å²) >= 11 is 0. The second-order valence-electron chi connectivity index (χ2n) is 6.75. The van der Waals surface area contributed by atoms with Crippen LogP contribution in [0, 0.1) is 6.92 Å². The summed E-state index contributed by atoms with van der Waals surface area (Å²) < 4.78 is 8.00. The van der Waals surface area contributed by atoms with Crippen LogP contribution in [0.4, 0.5) is 4.79 Å². The average molecular weight is 366 g/mol. The minimum absolute atomic E-state index is 0.0701. The Morgan fingerprint density at radius 1 is 1.15 bits per heavy atom. The van der Waals surface area contributed by atoms with Gasteiger partial charge < -0.3 is 9.64 Å². The summed E-state index contributed by atoms with van der Waals surface area (Å²) in [6.45, 7) is 3.20. The first-order valence-electron chi connectivity index (χ1n) is 9.05. The number of amides is 2. The Morgan fingerprint density at radius 2 is 1.89 bits per heavy atom. The zero-order chi connectivity index (χ0) is 18.8. The number of carbonyl (C=O) groups excluding carboxylic acids is 1. The molecule has 2 N–H and O–H groups in total. The van der Waals surface area contributed by atoms with Gasteiger partial charge in [-0.15, -0.1) is 0 Å². The predicted octanol–water partition coefficient (Wildman–Crippen LogP) is 3.25. The molecule has 7 heteroatoms. The molecule has 3 aromatic rings. The van der Waals surface area contributed by atoms with Crippen molar-refractivity contribution in [3.8, 4) is 16.9 Å². The molecule has 140 valence electrons. The van der Waals surface area contributed by atoms with Gasteiger partial charge in [0.15, 0.2) is 0 Å². The Kier molecular flexibility index (Phi) is 4.68. The number of hydrogen-bond acceptors (Lipinski definition) is 4. The SMILES string of the molecule is Cc1c(-c2ccc(OC3CCN(C(=O)NO)CC3)cc2)ccc2ccnn12. The highest BCUT2D eigenvalue weighted by atomic mass is 16.5. The predicted molar refractivity (Wildman–Crippen MR) is 101 cm³/mol. The third kappa shape index (κ3) is 3.46. The Labute approximate surface area is 157 Å². The molecule has 0 saturated carbocycles. The zero-order valence-corrected chi connectivity index (χ0v) is 15.1. The average Bonchev–Trinajstić information content (AvgIpc) is 3.19. The van der Waals surface area contributed by atoms with Crippen molar-refractivity contribution in [2.45, 2.75) is 25.9 Å². The van der Waals surface area contributed by atoms with Crippen molar-refractivity contribution in [3.05, 3.63) is 54.4 Å². The molecule has 2 aromatic heterocycles. The van der Waals surface area contributed by atoms with Crippen LogP contribution < -0.4 is 10.2 Å². The lowest BCUT2D eigenvalue weighted by molar-refractivity contribution is 0.0882. The van der Waals surface area contributed by atoms with E-state index in [4.69, 9.17) is 9.94 Å². The van der Waals surface area contributed by atoms with Gasteiger partial charge in [0.05, 0.1) is 5.52 Å². The molecule has 7 nitrogen and oxygen atoms in total. The van der Waals surface area contributed by atoms with E-state index in [1.807, 2.05) is 22.7 Å². The summed E-state index contributed by atoms with van der Waals surface area (Å²) in [4.78, 5) is 13.0. The molecule has 0 unspecified atom stereocenters. The second kappa shape index (κ2) is 7.28. The number of hydroxylamine groups is 1. The van der Waals surface area contributed by atoms with Crippen molar-refractivity contribution < 1.29 is 14.7 Å². The number of benzene rings is 1. The fraction of sp³-hybridized carbons (Fsp3) is 0.300. The van der Waals surface area contributed by atoms with Gasteiger partial charge in [0.2, 0.25) is 0 Å². The Bertz CT molecular complexity index is 944. The first-order valence-corrected chi connectivity index (χ1v) is 9.05. The number of hydrogen-bond donors (Lipinski definition) is 2. The molecule has 1 fully saturated rings. The molecular weight excluding hydrogens is 344 g/mol. The second-order valence-corrected chi connectivity index (χ2v) is 6.75. The number of aryl methyl sites for hydroxylation is 1. The number of pyridine rings is 1. The maximum absolute atomic E-state index is 11.4. The van der Waals surface area contributed by atoms with Crippen LogP contribution in [0.2, 0.25) is 0 Å². The van der Waals surface area contributed by atoms with Crippen LogP contribution >= 0.6 is 0 Å².